The Morgan fingerprint density at radius 1 is 1.04 bits per heavy atom. The van der Waals surface area contributed by atoms with Gasteiger partial charge in [-0.15, -0.1) is 11.3 Å². The fraction of sp³-hybridized carbons (Fsp3) is 0.200. The molecule has 1 amide bonds. The second-order valence-electron chi connectivity index (χ2n) is 6.59. The van der Waals surface area contributed by atoms with Gasteiger partial charge in [-0.1, -0.05) is 6.07 Å². The number of aromatic nitrogens is 1. The van der Waals surface area contributed by atoms with Crippen LogP contribution < -0.4 is 10.6 Å². The standard InChI is InChI=1S/C20H21N3O3S2/c1-13-4-5-16(10-14(13)2)21-19(24)11-17-12-27-20(23-17)22-15-6-8-18(9-7-15)28(3,25)26/h4-10,12H,11H2,1-3H3,(H,21,24)(H,22,23). The summed E-state index contributed by atoms with van der Waals surface area (Å²) in [5.41, 5.74) is 4.47. The molecule has 2 aromatic carbocycles. The van der Waals surface area contributed by atoms with Crippen LogP contribution in [-0.2, 0) is 21.1 Å². The van der Waals surface area contributed by atoms with E-state index in [1.807, 2.05) is 37.4 Å². The Morgan fingerprint density at radius 3 is 2.36 bits per heavy atom. The molecule has 8 heteroatoms. The van der Waals surface area contributed by atoms with Crippen molar-refractivity contribution < 1.29 is 13.2 Å². The predicted octanol–water partition coefficient (Wildman–Crippen LogP) is 4.09. The molecular formula is C20H21N3O3S2. The van der Waals surface area contributed by atoms with E-state index in [0.717, 1.165) is 16.9 Å². The van der Waals surface area contributed by atoms with E-state index < -0.39 is 9.84 Å². The van der Waals surface area contributed by atoms with Crippen molar-refractivity contribution >= 4 is 43.6 Å². The lowest BCUT2D eigenvalue weighted by Crippen LogP contribution is -2.14. The number of carbonyl (C=O) groups is 1. The number of hydrogen-bond acceptors (Lipinski definition) is 6. The average molecular weight is 416 g/mol. The largest absolute Gasteiger partial charge is 0.332 e. The fourth-order valence-electron chi connectivity index (χ4n) is 2.54. The van der Waals surface area contributed by atoms with Gasteiger partial charge >= 0.3 is 0 Å². The normalized spacial score (nSPS) is 11.2. The van der Waals surface area contributed by atoms with E-state index in [2.05, 4.69) is 15.6 Å². The third-order valence-corrected chi connectivity index (χ3v) is 6.15. The van der Waals surface area contributed by atoms with E-state index in [1.165, 1.54) is 23.2 Å². The number of hydrogen-bond donors (Lipinski definition) is 2. The Bertz CT molecular complexity index is 1100. The minimum Gasteiger partial charge on any atom is -0.332 e. The van der Waals surface area contributed by atoms with Gasteiger partial charge in [0, 0.05) is 23.0 Å². The zero-order chi connectivity index (χ0) is 20.3. The molecule has 0 spiro atoms. The van der Waals surface area contributed by atoms with E-state index in [4.69, 9.17) is 0 Å². The van der Waals surface area contributed by atoms with Gasteiger partial charge in [0.15, 0.2) is 15.0 Å². The minimum absolute atomic E-state index is 0.127. The lowest BCUT2D eigenvalue weighted by molar-refractivity contribution is -0.115. The van der Waals surface area contributed by atoms with E-state index in [0.29, 0.717) is 10.8 Å². The molecule has 146 valence electrons. The van der Waals surface area contributed by atoms with Gasteiger partial charge in [-0.25, -0.2) is 13.4 Å². The molecule has 0 unspecified atom stereocenters. The second kappa shape index (κ2) is 8.12. The van der Waals surface area contributed by atoms with Crippen LogP contribution in [0.15, 0.2) is 52.7 Å². The first-order chi connectivity index (χ1) is 13.2. The molecule has 3 aromatic rings. The van der Waals surface area contributed by atoms with Gasteiger partial charge in [0.05, 0.1) is 17.0 Å². The number of nitrogens with zero attached hydrogens (tertiary/aromatic N) is 1. The van der Waals surface area contributed by atoms with Gasteiger partial charge in [0.2, 0.25) is 5.91 Å². The lowest BCUT2D eigenvalue weighted by Gasteiger charge is -2.07. The van der Waals surface area contributed by atoms with Crippen molar-refractivity contribution in [2.24, 2.45) is 0 Å². The summed E-state index contributed by atoms with van der Waals surface area (Å²) in [5.74, 6) is -0.127. The van der Waals surface area contributed by atoms with Gasteiger partial charge in [0.1, 0.15) is 0 Å². The van der Waals surface area contributed by atoms with Crippen molar-refractivity contribution in [1.29, 1.82) is 0 Å². The molecule has 0 atom stereocenters. The Balaban J connectivity index is 1.60. The summed E-state index contributed by atoms with van der Waals surface area (Å²) in [7, 11) is -3.22. The molecule has 0 radical (unpaired) electrons. The van der Waals surface area contributed by atoms with E-state index in [1.54, 1.807) is 24.3 Å². The molecule has 3 rings (SSSR count). The maximum atomic E-state index is 12.3. The Morgan fingerprint density at radius 2 is 1.71 bits per heavy atom. The van der Waals surface area contributed by atoms with Crippen molar-refractivity contribution in [3.63, 3.8) is 0 Å². The molecule has 1 heterocycles. The van der Waals surface area contributed by atoms with Gasteiger partial charge in [-0.2, -0.15) is 0 Å². The van der Waals surface area contributed by atoms with Gasteiger partial charge < -0.3 is 10.6 Å². The summed E-state index contributed by atoms with van der Waals surface area (Å²) < 4.78 is 23.0. The summed E-state index contributed by atoms with van der Waals surface area (Å²) in [6.45, 7) is 4.03. The highest BCUT2D eigenvalue weighted by molar-refractivity contribution is 7.90. The third-order valence-electron chi connectivity index (χ3n) is 4.22. The highest BCUT2D eigenvalue weighted by Gasteiger charge is 2.10. The predicted molar refractivity (Wildman–Crippen MR) is 113 cm³/mol. The number of carbonyl (C=O) groups excluding carboxylic acids is 1. The number of amides is 1. The molecular weight excluding hydrogens is 394 g/mol. The first-order valence-electron chi connectivity index (χ1n) is 8.59. The molecule has 1 aromatic heterocycles. The molecule has 0 fully saturated rings. The van der Waals surface area contributed by atoms with Crippen molar-refractivity contribution in [1.82, 2.24) is 4.98 Å². The summed E-state index contributed by atoms with van der Waals surface area (Å²) >= 11 is 1.39. The number of rotatable bonds is 6. The first-order valence-corrected chi connectivity index (χ1v) is 11.4. The Hall–Kier alpha value is -2.71. The molecule has 0 aliphatic carbocycles. The quantitative estimate of drug-likeness (QED) is 0.633. The van der Waals surface area contributed by atoms with E-state index in [-0.39, 0.29) is 17.2 Å². The van der Waals surface area contributed by atoms with Crippen LogP contribution in [0.1, 0.15) is 16.8 Å². The zero-order valence-electron chi connectivity index (χ0n) is 15.8. The highest BCUT2D eigenvalue weighted by atomic mass is 32.2. The average Bonchev–Trinajstić information content (AvgIpc) is 3.04. The fourth-order valence-corrected chi connectivity index (χ4v) is 3.90. The van der Waals surface area contributed by atoms with Crippen LogP contribution in [0.5, 0.6) is 0 Å². The summed E-state index contributed by atoms with van der Waals surface area (Å²) in [6.07, 6.45) is 1.35. The number of thiazole rings is 1. The number of nitrogens with one attached hydrogen (secondary N) is 2. The molecule has 0 aliphatic heterocycles. The third kappa shape index (κ3) is 5.17. The van der Waals surface area contributed by atoms with Crippen molar-refractivity contribution in [3.05, 3.63) is 64.7 Å². The van der Waals surface area contributed by atoms with Crippen LogP contribution in [-0.4, -0.2) is 25.6 Å². The van der Waals surface area contributed by atoms with Crippen LogP contribution in [0.4, 0.5) is 16.5 Å². The second-order valence-corrected chi connectivity index (χ2v) is 9.46. The van der Waals surface area contributed by atoms with E-state index >= 15 is 0 Å². The molecule has 28 heavy (non-hydrogen) atoms. The van der Waals surface area contributed by atoms with Crippen molar-refractivity contribution in [3.8, 4) is 0 Å². The first kappa shape index (κ1) is 20.0. The Labute approximate surface area is 168 Å². The molecule has 2 N–H and O–H groups in total. The van der Waals surface area contributed by atoms with Crippen LogP contribution in [0.3, 0.4) is 0 Å². The number of benzene rings is 2. The summed E-state index contributed by atoms with van der Waals surface area (Å²) in [6, 6.07) is 12.3. The summed E-state index contributed by atoms with van der Waals surface area (Å²) in [5, 5.41) is 8.47. The van der Waals surface area contributed by atoms with Gasteiger partial charge in [-0.3, -0.25) is 4.79 Å². The Kier molecular flexibility index (Phi) is 5.81. The SMILES string of the molecule is Cc1ccc(NC(=O)Cc2csc(Nc3ccc(S(C)(=O)=O)cc3)n2)cc1C. The van der Waals surface area contributed by atoms with Crippen LogP contribution in [0.25, 0.3) is 0 Å². The molecule has 0 bridgehead atoms. The van der Waals surface area contributed by atoms with Crippen LogP contribution >= 0.6 is 11.3 Å². The summed E-state index contributed by atoms with van der Waals surface area (Å²) in [4.78, 5) is 16.9. The molecule has 0 aliphatic rings. The molecule has 6 nitrogen and oxygen atoms in total. The monoisotopic (exact) mass is 415 g/mol. The maximum absolute atomic E-state index is 12.3. The lowest BCUT2D eigenvalue weighted by atomic mass is 10.1. The van der Waals surface area contributed by atoms with Gasteiger partial charge in [0.25, 0.3) is 0 Å². The number of anilines is 3. The molecule has 0 saturated carbocycles. The topological polar surface area (TPSA) is 88.2 Å². The smallest absolute Gasteiger partial charge is 0.230 e. The highest BCUT2D eigenvalue weighted by Crippen LogP contribution is 2.23. The maximum Gasteiger partial charge on any atom is 0.230 e. The van der Waals surface area contributed by atoms with Crippen molar-refractivity contribution in [2.45, 2.75) is 25.2 Å². The van der Waals surface area contributed by atoms with Crippen molar-refractivity contribution in [2.75, 3.05) is 16.9 Å². The van der Waals surface area contributed by atoms with Crippen LogP contribution in [0.2, 0.25) is 0 Å². The van der Waals surface area contributed by atoms with E-state index in [9.17, 15) is 13.2 Å². The van der Waals surface area contributed by atoms with Crippen LogP contribution in [0, 0.1) is 13.8 Å². The minimum atomic E-state index is -3.22. The number of aryl methyl sites for hydroxylation is 2. The number of sulfone groups is 1. The zero-order valence-corrected chi connectivity index (χ0v) is 17.4. The van der Waals surface area contributed by atoms with Gasteiger partial charge in [-0.05, 0) is 61.4 Å². The molecule has 0 saturated heterocycles.